The van der Waals surface area contributed by atoms with E-state index in [-0.39, 0.29) is 6.42 Å². The second-order valence-electron chi connectivity index (χ2n) is 6.07. The summed E-state index contributed by atoms with van der Waals surface area (Å²) in [4.78, 5) is 24.9. The van der Waals surface area contributed by atoms with Gasteiger partial charge in [-0.05, 0) is 30.9 Å². The highest BCUT2D eigenvalue weighted by atomic mass is 19.1. The summed E-state index contributed by atoms with van der Waals surface area (Å²) in [5.41, 5.74) is -0.148. The van der Waals surface area contributed by atoms with Crippen molar-refractivity contribution in [1.82, 2.24) is 0 Å². The van der Waals surface area contributed by atoms with Crippen molar-refractivity contribution in [3.63, 3.8) is 0 Å². The number of fused-ring (bicyclic) bond motifs is 2. The minimum absolute atomic E-state index is 0.0484. The predicted molar refractivity (Wildman–Crippen MR) is 82.1 cm³/mol. The molecular formula is C19H15FO3. The van der Waals surface area contributed by atoms with Crippen LogP contribution in [-0.2, 0) is 11.2 Å². The molecule has 0 amide bonds. The Balaban J connectivity index is 1.83. The van der Waals surface area contributed by atoms with Crippen LogP contribution >= 0.6 is 0 Å². The van der Waals surface area contributed by atoms with Gasteiger partial charge in [0.15, 0.2) is 6.10 Å². The van der Waals surface area contributed by atoms with E-state index in [2.05, 4.69) is 0 Å². The minimum atomic E-state index is -2.21. The highest BCUT2D eigenvalue weighted by Crippen LogP contribution is 2.46. The number of cyclic esters (lactones) is 1. The van der Waals surface area contributed by atoms with Gasteiger partial charge in [0, 0.05) is 11.1 Å². The zero-order valence-corrected chi connectivity index (χ0v) is 12.4. The van der Waals surface area contributed by atoms with Gasteiger partial charge in [-0.25, -0.2) is 9.18 Å². The minimum Gasteiger partial charge on any atom is -0.450 e. The van der Waals surface area contributed by atoms with Gasteiger partial charge in [-0.1, -0.05) is 42.5 Å². The Labute approximate surface area is 133 Å². The van der Waals surface area contributed by atoms with Gasteiger partial charge in [0.1, 0.15) is 0 Å². The van der Waals surface area contributed by atoms with Crippen LogP contribution < -0.4 is 0 Å². The number of alkyl halides is 1. The predicted octanol–water partition coefficient (Wildman–Crippen LogP) is 3.83. The summed E-state index contributed by atoms with van der Waals surface area (Å²) in [6.45, 7) is 0. The number of hydrogen-bond donors (Lipinski definition) is 0. The summed E-state index contributed by atoms with van der Waals surface area (Å²) in [5, 5.41) is 0. The van der Waals surface area contributed by atoms with Crippen LogP contribution in [0.2, 0.25) is 0 Å². The van der Waals surface area contributed by atoms with E-state index in [4.69, 9.17) is 4.74 Å². The zero-order chi connectivity index (χ0) is 16.0. The van der Waals surface area contributed by atoms with Gasteiger partial charge < -0.3 is 4.74 Å². The highest BCUT2D eigenvalue weighted by molar-refractivity contribution is 6.05. The van der Waals surface area contributed by atoms with E-state index in [1.54, 1.807) is 36.4 Å². The van der Waals surface area contributed by atoms with Gasteiger partial charge >= 0.3 is 5.97 Å². The van der Waals surface area contributed by atoms with Crippen molar-refractivity contribution in [3.8, 4) is 0 Å². The summed E-state index contributed by atoms with van der Waals surface area (Å²) >= 11 is 0. The molecule has 2 atom stereocenters. The topological polar surface area (TPSA) is 43.4 Å². The Morgan fingerprint density at radius 3 is 2.52 bits per heavy atom. The van der Waals surface area contributed by atoms with Gasteiger partial charge in [0.2, 0.25) is 11.5 Å². The summed E-state index contributed by atoms with van der Waals surface area (Å²) in [5.74, 6) is -1.15. The van der Waals surface area contributed by atoms with Crippen molar-refractivity contribution in [2.24, 2.45) is 0 Å². The first kappa shape index (κ1) is 14.1. The summed E-state index contributed by atoms with van der Waals surface area (Å²) in [7, 11) is 0. The molecule has 0 fully saturated rings. The Hall–Kier alpha value is -2.49. The van der Waals surface area contributed by atoms with Crippen LogP contribution in [0.4, 0.5) is 4.39 Å². The number of carbonyl (C=O) groups excluding carboxylic acids is 2. The zero-order valence-electron chi connectivity index (χ0n) is 12.4. The molecule has 4 heteroatoms. The largest absolute Gasteiger partial charge is 0.450 e. The van der Waals surface area contributed by atoms with Gasteiger partial charge in [-0.3, -0.25) is 4.79 Å². The van der Waals surface area contributed by atoms with Gasteiger partial charge in [0.25, 0.3) is 0 Å². The number of benzene rings is 2. The molecule has 0 saturated heterocycles. The van der Waals surface area contributed by atoms with Crippen LogP contribution in [0.1, 0.15) is 50.8 Å². The average molecular weight is 310 g/mol. The number of ketones is 1. The van der Waals surface area contributed by atoms with Crippen LogP contribution in [0.5, 0.6) is 0 Å². The van der Waals surface area contributed by atoms with Crippen LogP contribution in [0.25, 0.3) is 0 Å². The number of esters is 1. The second-order valence-corrected chi connectivity index (χ2v) is 6.07. The van der Waals surface area contributed by atoms with Crippen LogP contribution in [0.3, 0.4) is 0 Å². The first-order valence-corrected chi connectivity index (χ1v) is 7.73. The van der Waals surface area contributed by atoms with E-state index in [0.29, 0.717) is 29.5 Å². The molecular weight excluding hydrogens is 295 g/mol. The molecule has 0 aromatic heterocycles. The Morgan fingerprint density at radius 2 is 1.70 bits per heavy atom. The molecule has 1 heterocycles. The number of rotatable bonds is 1. The molecule has 2 aromatic rings. The van der Waals surface area contributed by atoms with Crippen molar-refractivity contribution in [3.05, 3.63) is 70.8 Å². The van der Waals surface area contributed by atoms with Crippen molar-refractivity contribution >= 4 is 11.8 Å². The molecule has 3 nitrogen and oxygen atoms in total. The fourth-order valence-corrected chi connectivity index (χ4v) is 3.57. The maximum absolute atomic E-state index is 15.8. The molecule has 0 unspecified atom stereocenters. The number of hydrogen-bond acceptors (Lipinski definition) is 3. The third-order valence-electron chi connectivity index (χ3n) is 4.73. The van der Waals surface area contributed by atoms with Crippen molar-refractivity contribution in [2.75, 3.05) is 0 Å². The molecule has 0 radical (unpaired) electrons. The number of ether oxygens (including phenoxy) is 1. The first-order valence-electron chi connectivity index (χ1n) is 7.73. The molecule has 1 aliphatic carbocycles. The fraction of sp³-hybridized carbons (Fsp3) is 0.263. The molecule has 0 bridgehead atoms. The van der Waals surface area contributed by atoms with Crippen molar-refractivity contribution < 1.29 is 18.7 Å². The maximum atomic E-state index is 15.8. The Morgan fingerprint density at radius 1 is 1.00 bits per heavy atom. The third-order valence-corrected chi connectivity index (χ3v) is 4.73. The molecule has 0 N–H and O–H groups in total. The smallest absolute Gasteiger partial charge is 0.339 e. The average Bonchev–Trinajstić information content (AvgIpc) is 2.86. The number of halogens is 1. The molecule has 116 valence electrons. The lowest BCUT2D eigenvalue weighted by Crippen LogP contribution is -2.40. The van der Waals surface area contributed by atoms with E-state index in [1.807, 2.05) is 12.1 Å². The molecule has 2 aromatic carbocycles. The van der Waals surface area contributed by atoms with E-state index in [9.17, 15) is 9.59 Å². The summed E-state index contributed by atoms with van der Waals surface area (Å²) in [6.07, 6.45) is 0.0721. The van der Waals surface area contributed by atoms with Crippen LogP contribution in [0, 0.1) is 0 Å². The monoisotopic (exact) mass is 310 g/mol. The summed E-state index contributed by atoms with van der Waals surface area (Å²) in [6, 6.07) is 13.8. The lowest BCUT2D eigenvalue weighted by atomic mass is 9.83. The SMILES string of the molecule is O=C1O[C@H]([C@]2(F)CCCc3ccccc3C2=O)c2ccccc21. The molecule has 0 saturated carbocycles. The number of aryl methyl sites for hydroxylation is 1. The van der Waals surface area contributed by atoms with Gasteiger partial charge in [-0.2, -0.15) is 0 Å². The lowest BCUT2D eigenvalue weighted by molar-refractivity contribution is -0.0211. The van der Waals surface area contributed by atoms with E-state index in [1.165, 1.54) is 0 Å². The van der Waals surface area contributed by atoms with Crippen LogP contribution in [-0.4, -0.2) is 17.4 Å². The van der Waals surface area contributed by atoms with Gasteiger partial charge in [-0.15, -0.1) is 0 Å². The highest BCUT2D eigenvalue weighted by Gasteiger charge is 2.54. The standard InChI is InChI=1S/C19H15FO3/c20-19(17-14-9-3-4-10-15(14)18(22)23-17)11-5-7-12-6-1-2-8-13(12)16(19)21/h1-4,6,8-10,17H,5,7,11H2/t17-,19-/m0/s1. The molecule has 4 rings (SSSR count). The lowest BCUT2D eigenvalue weighted by Gasteiger charge is -2.28. The summed E-state index contributed by atoms with van der Waals surface area (Å²) < 4.78 is 21.1. The quantitative estimate of drug-likeness (QED) is 0.594. The number of carbonyl (C=O) groups is 2. The van der Waals surface area contributed by atoms with Crippen molar-refractivity contribution in [2.45, 2.75) is 31.0 Å². The van der Waals surface area contributed by atoms with E-state index >= 15 is 4.39 Å². The van der Waals surface area contributed by atoms with Crippen molar-refractivity contribution in [1.29, 1.82) is 0 Å². The molecule has 23 heavy (non-hydrogen) atoms. The molecule has 2 aliphatic rings. The van der Waals surface area contributed by atoms with E-state index in [0.717, 1.165) is 5.56 Å². The molecule has 1 aliphatic heterocycles. The molecule has 0 spiro atoms. The fourth-order valence-electron chi connectivity index (χ4n) is 3.57. The Bertz CT molecular complexity index is 814. The number of Topliss-reactive ketones (excluding diaryl/α,β-unsaturated/α-hetero) is 1. The Kier molecular flexibility index (Phi) is 3.08. The maximum Gasteiger partial charge on any atom is 0.339 e. The normalized spacial score (nSPS) is 26.2. The second kappa shape index (κ2) is 5.01. The first-order chi connectivity index (χ1) is 11.1. The third kappa shape index (κ3) is 2.01. The van der Waals surface area contributed by atoms with Crippen LogP contribution in [0.15, 0.2) is 48.5 Å². The van der Waals surface area contributed by atoms with Gasteiger partial charge in [0.05, 0.1) is 5.56 Å². The van der Waals surface area contributed by atoms with E-state index < -0.39 is 23.5 Å².